The van der Waals surface area contributed by atoms with E-state index in [4.69, 9.17) is 9.47 Å². The lowest BCUT2D eigenvalue weighted by molar-refractivity contribution is 0.102. The summed E-state index contributed by atoms with van der Waals surface area (Å²) in [5, 5.41) is 2.93. The van der Waals surface area contributed by atoms with Gasteiger partial charge in [0.25, 0.3) is 5.91 Å². The summed E-state index contributed by atoms with van der Waals surface area (Å²) in [6.07, 6.45) is 0.966. The SMILES string of the molecule is CCc1ccc(NC(=O)c2cc(I)c(OCc3ccc(C)cc3)c(OC)c2)cc1. The van der Waals surface area contributed by atoms with Crippen molar-refractivity contribution >= 4 is 34.2 Å². The highest BCUT2D eigenvalue weighted by molar-refractivity contribution is 14.1. The Bertz CT molecular complexity index is 982. The molecule has 0 radical (unpaired) electrons. The zero-order chi connectivity index (χ0) is 20.8. The Morgan fingerprint density at radius 1 is 1.00 bits per heavy atom. The second kappa shape index (κ2) is 9.78. The number of carbonyl (C=O) groups is 1. The Morgan fingerprint density at radius 2 is 1.66 bits per heavy atom. The topological polar surface area (TPSA) is 47.6 Å². The van der Waals surface area contributed by atoms with Crippen molar-refractivity contribution in [1.82, 2.24) is 0 Å². The largest absolute Gasteiger partial charge is 0.493 e. The van der Waals surface area contributed by atoms with E-state index >= 15 is 0 Å². The van der Waals surface area contributed by atoms with Gasteiger partial charge in [-0.3, -0.25) is 4.79 Å². The van der Waals surface area contributed by atoms with Crippen LogP contribution in [0.25, 0.3) is 0 Å². The molecule has 0 aliphatic carbocycles. The summed E-state index contributed by atoms with van der Waals surface area (Å²) in [4.78, 5) is 12.7. The van der Waals surface area contributed by atoms with Crippen molar-refractivity contribution in [3.63, 3.8) is 0 Å². The smallest absolute Gasteiger partial charge is 0.255 e. The Kier molecular flexibility index (Phi) is 7.14. The number of anilines is 1. The average Bonchev–Trinajstić information content (AvgIpc) is 2.74. The molecule has 3 aromatic rings. The highest BCUT2D eigenvalue weighted by Crippen LogP contribution is 2.34. The number of ether oxygens (including phenoxy) is 2. The number of hydrogen-bond acceptors (Lipinski definition) is 3. The van der Waals surface area contributed by atoms with Gasteiger partial charge in [-0.1, -0.05) is 48.9 Å². The molecule has 3 rings (SSSR count). The van der Waals surface area contributed by atoms with E-state index in [0.29, 0.717) is 23.7 Å². The molecule has 1 N–H and O–H groups in total. The molecule has 0 unspecified atom stereocenters. The Labute approximate surface area is 185 Å². The Hall–Kier alpha value is -2.54. The van der Waals surface area contributed by atoms with Crippen LogP contribution in [0.2, 0.25) is 0 Å². The molecule has 0 aliphatic heterocycles. The zero-order valence-corrected chi connectivity index (χ0v) is 18.9. The summed E-state index contributed by atoms with van der Waals surface area (Å²) in [5.41, 5.74) is 4.80. The first-order valence-corrected chi connectivity index (χ1v) is 10.5. The maximum atomic E-state index is 12.7. The van der Waals surface area contributed by atoms with Gasteiger partial charge in [-0.25, -0.2) is 0 Å². The van der Waals surface area contributed by atoms with Crippen LogP contribution in [0, 0.1) is 10.5 Å². The van der Waals surface area contributed by atoms with Gasteiger partial charge in [0.1, 0.15) is 6.61 Å². The molecule has 3 aromatic carbocycles. The number of benzene rings is 3. The van der Waals surface area contributed by atoms with Crippen molar-refractivity contribution in [3.05, 3.63) is 86.5 Å². The van der Waals surface area contributed by atoms with Gasteiger partial charge in [0, 0.05) is 11.3 Å². The third-order valence-electron chi connectivity index (χ3n) is 4.62. The highest BCUT2D eigenvalue weighted by atomic mass is 127. The van der Waals surface area contributed by atoms with E-state index in [9.17, 15) is 4.79 Å². The van der Waals surface area contributed by atoms with Gasteiger partial charge in [0.2, 0.25) is 0 Å². The molecule has 4 nitrogen and oxygen atoms in total. The van der Waals surface area contributed by atoms with Crippen LogP contribution < -0.4 is 14.8 Å². The molecule has 0 aromatic heterocycles. The van der Waals surface area contributed by atoms with Crippen molar-refractivity contribution in [1.29, 1.82) is 0 Å². The molecule has 0 heterocycles. The lowest BCUT2D eigenvalue weighted by atomic mass is 10.1. The van der Waals surface area contributed by atoms with Crippen LogP contribution in [0.4, 0.5) is 5.69 Å². The van der Waals surface area contributed by atoms with Crippen molar-refractivity contribution < 1.29 is 14.3 Å². The van der Waals surface area contributed by atoms with E-state index in [1.165, 1.54) is 11.1 Å². The number of rotatable bonds is 7. The number of amides is 1. The first-order chi connectivity index (χ1) is 14.0. The van der Waals surface area contributed by atoms with E-state index in [1.54, 1.807) is 13.2 Å². The van der Waals surface area contributed by atoms with E-state index in [0.717, 1.165) is 21.2 Å². The van der Waals surface area contributed by atoms with Gasteiger partial charge in [-0.15, -0.1) is 0 Å². The van der Waals surface area contributed by atoms with Gasteiger partial charge < -0.3 is 14.8 Å². The predicted octanol–water partition coefficient (Wildman–Crippen LogP) is 6.00. The van der Waals surface area contributed by atoms with Gasteiger partial charge >= 0.3 is 0 Å². The van der Waals surface area contributed by atoms with Crippen molar-refractivity contribution in [2.75, 3.05) is 12.4 Å². The number of nitrogens with one attached hydrogen (secondary N) is 1. The molecule has 0 atom stereocenters. The van der Waals surface area contributed by atoms with Gasteiger partial charge in [0.15, 0.2) is 11.5 Å². The summed E-state index contributed by atoms with van der Waals surface area (Å²) in [5.74, 6) is 0.989. The van der Waals surface area contributed by atoms with Crippen molar-refractivity contribution in [3.8, 4) is 11.5 Å². The van der Waals surface area contributed by atoms with Crippen LogP contribution in [-0.2, 0) is 13.0 Å². The maximum Gasteiger partial charge on any atom is 0.255 e. The molecular formula is C24H24INO3. The molecule has 0 fully saturated rings. The quantitative estimate of drug-likeness (QED) is 0.404. The summed E-state index contributed by atoms with van der Waals surface area (Å²) < 4.78 is 12.3. The van der Waals surface area contributed by atoms with Gasteiger partial charge in [0.05, 0.1) is 10.7 Å². The van der Waals surface area contributed by atoms with E-state index in [1.807, 2.05) is 42.5 Å². The normalized spacial score (nSPS) is 10.5. The lowest BCUT2D eigenvalue weighted by Crippen LogP contribution is -2.13. The molecule has 1 amide bonds. The van der Waals surface area contributed by atoms with Crippen LogP contribution in [0.1, 0.15) is 34.0 Å². The van der Waals surface area contributed by atoms with E-state index in [2.05, 4.69) is 53.9 Å². The Morgan fingerprint density at radius 3 is 2.28 bits per heavy atom. The number of carbonyl (C=O) groups excluding carboxylic acids is 1. The first-order valence-electron chi connectivity index (χ1n) is 9.46. The Balaban J connectivity index is 1.75. The molecule has 0 bridgehead atoms. The minimum absolute atomic E-state index is 0.185. The summed E-state index contributed by atoms with van der Waals surface area (Å²) in [7, 11) is 1.58. The van der Waals surface area contributed by atoms with Crippen molar-refractivity contribution in [2.45, 2.75) is 26.9 Å². The van der Waals surface area contributed by atoms with Crippen LogP contribution >= 0.6 is 22.6 Å². The molecule has 0 spiro atoms. The summed E-state index contributed by atoms with van der Waals surface area (Å²) in [6.45, 7) is 4.59. The first kappa shape index (κ1) is 21.2. The molecule has 0 saturated carbocycles. The van der Waals surface area contributed by atoms with Crippen LogP contribution in [0.3, 0.4) is 0 Å². The number of aryl methyl sites for hydroxylation is 2. The minimum atomic E-state index is -0.185. The number of methoxy groups -OCH3 is 1. The molecule has 0 aliphatic rings. The monoisotopic (exact) mass is 501 g/mol. The van der Waals surface area contributed by atoms with Crippen LogP contribution in [0.15, 0.2) is 60.7 Å². The number of hydrogen-bond donors (Lipinski definition) is 1. The third kappa shape index (κ3) is 5.50. The van der Waals surface area contributed by atoms with Crippen LogP contribution in [-0.4, -0.2) is 13.0 Å². The second-order valence-electron chi connectivity index (χ2n) is 6.77. The number of halogens is 1. The van der Waals surface area contributed by atoms with Crippen LogP contribution in [0.5, 0.6) is 11.5 Å². The molecule has 5 heteroatoms. The van der Waals surface area contributed by atoms with E-state index < -0.39 is 0 Å². The standard InChI is InChI=1S/C24H24INO3/c1-4-17-9-11-20(12-10-17)26-24(27)19-13-21(25)23(22(14-19)28-3)29-15-18-7-5-16(2)6-8-18/h5-14H,4,15H2,1-3H3,(H,26,27). The molecular weight excluding hydrogens is 477 g/mol. The fourth-order valence-electron chi connectivity index (χ4n) is 2.86. The molecule has 29 heavy (non-hydrogen) atoms. The second-order valence-corrected chi connectivity index (χ2v) is 7.93. The predicted molar refractivity (Wildman–Crippen MR) is 125 cm³/mol. The van der Waals surface area contributed by atoms with E-state index in [-0.39, 0.29) is 5.91 Å². The minimum Gasteiger partial charge on any atom is -0.493 e. The fourth-order valence-corrected chi connectivity index (χ4v) is 3.61. The lowest BCUT2D eigenvalue weighted by Gasteiger charge is -2.15. The molecule has 0 saturated heterocycles. The highest BCUT2D eigenvalue weighted by Gasteiger charge is 2.16. The zero-order valence-electron chi connectivity index (χ0n) is 16.8. The fraction of sp³-hybridized carbons (Fsp3) is 0.208. The van der Waals surface area contributed by atoms with Gasteiger partial charge in [-0.2, -0.15) is 0 Å². The summed E-state index contributed by atoms with van der Waals surface area (Å²) in [6, 6.07) is 19.6. The summed E-state index contributed by atoms with van der Waals surface area (Å²) >= 11 is 2.17. The van der Waals surface area contributed by atoms with Gasteiger partial charge in [-0.05, 0) is 71.3 Å². The third-order valence-corrected chi connectivity index (χ3v) is 5.42. The molecule has 150 valence electrons. The maximum absolute atomic E-state index is 12.7. The average molecular weight is 501 g/mol. The van der Waals surface area contributed by atoms with Crippen molar-refractivity contribution in [2.24, 2.45) is 0 Å².